The van der Waals surface area contributed by atoms with Crippen molar-refractivity contribution in [2.75, 3.05) is 13.7 Å². The molecular formula is C11H21NO2. The highest BCUT2D eigenvalue weighted by molar-refractivity contribution is 5.69. The van der Waals surface area contributed by atoms with E-state index in [1.165, 1.54) is 32.8 Å². The van der Waals surface area contributed by atoms with Gasteiger partial charge in [-0.2, -0.15) is 0 Å². The summed E-state index contributed by atoms with van der Waals surface area (Å²) < 4.78 is 4.67. The maximum Gasteiger partial charge on any atom is 0.305 e. The van der Waals surface area contributed by atoms with Gasteiger partial charge in [0.05, 0.1) is 7.11 Å². The van der Waals surface area contributed by atoms with Gasteiger partial charge in [-0.25, -0.2) is 0 Å². The number of ether oxygens (including phenoxy) is 1. The molecule has 1 aliphatic rings. The van der Waals surface area contributed by atoms with Gasteiger partial charge in [0, 0.05) is 6.42 Å². The van der Waals surface area contributed by atoms with Gasteiger partial charge in [-0.15, -0.1) is 0 Å². The van der Waals surface area contributed by atoms with Gasteiger partial charge in [0.1, 0.15) is 0 Å². The number of nitrogens with two attached hydrogens (primary N) is 1. The van der Waals surface area contributed by atoms with Gasteiger partial charge in [0.25, 0.3) is 0 Å². The fourth-order valence-corrected chi connectivity index (χ4v) is 2.35. The van der Waals surface area contributed by atoms with E-state index in [0.717, 1.165) is 18.9 Å². The first-order valence-electron chi connectivity index (χ1n) is 5.53. The second kappa shape index (κ2) is 6.02. The smallest absolute Gasteiger partial charge is 0.305 e. The highest BCUT2D eigenvalue weighted by atomic mass is 16.5. The van der Waals surface area contributed by atoms with Crippen molar-refractivity contribution in [2.24, 2.45) is 17.6 Å². The fourth-order valence-electron chi connectivity index (χ4n) is 2.35. The summed E-state index contributed by atoms with van der Waals surface area (Å²) in [4.78, 5) is 11.0. The van der Waals surface area contributed by atoms with Crippen LogP contribution >= 0.6 is 0 Å². The van der Waals surface area contributed by atoms with E-state index in [1.54, 1.807) is 0 Å². The van der Waals surface area contributed by atoms with Crippen molar-refractivity contribution in [2.45, 2.75) is 38.5 Å². The standard InChI is InChI=1S/C11H21NO2/c1-14-11(13)8-10-5-4-9(7-10)3-2-6-12/h9-10H,2-8,12H2,1H3. The Morgan fingerprint density at radius 3 is 2.79 bits per heavy atom. The molecule has 14 heavy (non-hydrogen) atoms. The minimum absolute atomic E-state index is 0.0607. The molecule has 0 aliphatic heterocycles. The Morgan fingerprint density at radius 1 is 1.43 bits per heavy atom. The fraction of sp³-hybridized carbons (Fsp3) is 0.909. The van der Waals surface area contributed by atoms with Crippen LogP contribution in [0.4, 0.5) is 0 Å². The molecule has 1 aliphatic carbocycles. The van der Waals surface area contributed by atoms with Gasteiger partial charge in [0.2, 0.25) is 0 Å². The van der Waals surface area contributed by atoms with E-state index in [-0.39, 0.29) is 5.97 Å². The Balaban J connectivity index is 2.17. The zero-order valence-corrected chi connectivity index (χ0v) is 9.00. The molecule has 1 rings (SSSR count). The molecule has 2 N–H and O–H groups in total. The molecule has 2 atom stereocenters. The van der Waals surface area contributed by atoms with Gasteiger partial charge in [-0.3, -0.25) is 4.79 Å². The molecule has 82 valence electrons. The van der Waals surface area contributed by atoms with Crippen LogP contribution in [0, 0.1) is 11.8 Å². The summed E-state index contributed by atoms with van der Waals surface area (Å²) in [7, 11) is 1.46. The zero-order chi connectivity index (χ0) is 10.4. The van der Waals surface area contributed by atoms with E-state index < -0.39 is 0 Å². The molecule has 2 unspecified atom stereocenters. The molecule has 0 amide bonds. The highest BCUT2D eigenvalue weighted by Crippen LogP contribution is 2.35. The summed E-state index contributed by atoms with van der Waals surface area (Å²) in [6, 6.07) is 0. The van der Waals surface area contributed by atoms with Gasteiger partial charge >= 0.3 is 5.97 Å². The Kier molecular flexibility index (Phi) is 4.94. The van der Waals surface area contributed by atoms with Crippen molar-refractivity contribution in [3.63, 3.8) is 0 Å². The van der Waals surface area contributed by atoms with E-state index in [0.29, 0.717) is 12.3 Å². The number of hydrogen-bond donors (Lipinski definition) is 1. The monoisotopic (exact) mass is 199 g/mol. The first kappa shape index (κ1) is 11.5. The van der Waals surface area contributed by atoms with E-state index in [1.807, 2.05) is 0 Å². The molecule has 0 saturated heterocycles. The van der Waals surface area contributed by atoms with Crippen LogP contribution in [0.15, 0.2) is 0 Å². The minimum Gasteiger partial charge on any atom is -0.469 e. The van der Waals surface area contributed by atoms with Crippen LogP contribution in [0.5, 0.6) is 0 Å². The SMILES string of the molecule is COC(=O)CC1CCC(CCCN)C1. The second-order valence-corrected chi connectivity index (χ2v) is 4.26. The molecule has 1 saturated carbocycles. The normalized spacial score (nSPS) is 26.4. The average molecular weight is 199 g/mol. The molecule has 0 spiro atoms. The molecule has 3 nitrogen and oxygen atoms in total. The Morgan fingerprint density at radius 2 is 2.14 bits per heavy atom. The molecule has 3 heteroatoms. The summed E-state index contributed by atoms with van der Waals surface area (Å²) in [5.41, 5.74) is 5.47. The summed E-state index contributed by atoms with van der Waals surface area (Å²) in [5.74, 6) is 1.30. The molecule has 0 radical (unpaired) electrons. The lowest BCUT2D eigenvalue weighted by atomic mass is 9.98. The summed E-state index contributed by atoms with van der Waals surface area (Å²) in [5, 5.41) is 0. The number of carbonyl (C=O) groups is 1. The second-order valence-electron chi connectivity index (χ2n) is 4.26. The average Bonchev–Trinajstić information content (AvgIpc) is 2.62. The number of rotatable bonds is 5. The Bertz CT molecular complexity index is 182. The van der Waals surface area contributed by atoms with Crippen LogP contribution in [-0.4, -0.2) is 19.6 Å². The van der Waals surface area contributed by atoms with Crippen molar-refractivity contribution < 1.29 is 9.53 Å². The number of esters is 1. The summed E-state index contributed by atoms with van der Waals surface area (Å²) >= 11 is 0. The predicted molar refractivity (Wildman–Crippen MR) is 55.8 cm³/mol. The van der Waals surface area contributed by atoms with Crippen LogP contribution in [0.1, 0.15) is 38.5 Å². The molecular weight excluding hydrogens is 178 g/mol. The van der Waals surface area contributed by atoms with E-state index in [4.69, 9.17) is 5.73 Å². The quantitative estimate of drug-likeness (QED) is 0.686. The van der Waals surface area contributed by atoms with Crippen molar-refractivity contribution >= 4 is 5.97 Å². The topological polar surface area (TPSA) is 52.3 Å². The van der Waals surface area contributed by atoms with Crippen LogP contribution < -0.4 is 5.73 Å². The lowest BCUT2D eigenvalue weighted by Crippen LogP contribution is -2.08. The van der Waals surface area contributed by atoms with Crippen LogP contribution in [0.2, 0.25) is 0 Å². The predicted octanol–water partition coefficient (Wildman–Crippen LogP) is 1.70. The van der Waals surface area contributed by atoms with Crippen molar-refractivity contribution in [3.05, 3.63) is 0 Å². The largest absolute Gasteiger partial charge is 0.469 e. The third kappa shape index (κ3) is 3.66. The van der Waals surface area contributed by atoms with Gasteiger partial charge in [-0.1, -0.05) is 6.42 Å². The van der Waals surface area contributed by atoms with E-state index >= 15 is 0 Å². The summed E-state index contributed by atoms with van der Waals surface area (Å²) in [6.45, 7) is 0.790. The molecule has 0 aromatic carbocycles. The molecule has 1 fully saturated rings. The third-order valence-electron chi connectivity index (χ3n) is 3.15. The van der Waals surface area contributed by atoms with Gasteiger partial charge < -0.3 is 10.5 Å². The van der Waals surface area contributed by atoms with Crippen molar-refractivity contribution in [1.29, 1.82) is 0 Å². The first-order valence-corrected chi connectivity index (χ1v) is 5.53. The molecule has 0 aromatic heterocycles. The van der Waals surface area contributed by atoms with Crippen molar-refractivity contribution in [1.82, 2.24) is 0 Å². The lowest BCUT2D eigenvalue weighted by Gasteiger charge is -2.09. The summed E-state index contributed by atoms with van der Waals surface area (Å²) in [6.07, 6.45) is 6.60. The van der Waals surface area contributed by atoms with Gasteiger partial charge in [-0.05, 0) is 44.1 Å². The van der Waals surface area contributed by atoms with Crippen LogP contribution in [0.25, 0.3) is 0 Å². The van der Waals surface area contributed by atoms with E-state index in [9.17, 15) is 4.79 Å². The maximum absolute atomic E-state index is 11.0. The number of carbonyl (C=O) groups excluding carboxylic acids is 1. The Hall–Kier alpha value is -0.570. The number of hydrogen-bond acceptors (Lipinski definition) is 3. The molecule has 0 aromatic rings. The third-order valence-corrected chi connectivity index (χ3v) is 3.15. The van der Waals surface area contributed by atoms with Crippen molar-refractivity contribution in [3.8, 4) is 0 Å². The van der Waals surface area contributed by atoms with Gasteiger partial charge in [0.15, 0.2) is 0 Å². The lowest BCUT2D eigenvalue weighted by molar-refractivity contribution is -0.141. The van der Waals surface area contributed by atoms with Crippen LogP contribution in [0.3, 0.4) is 0 Å². The molecule has 0 heterocycles. The van der Waals surface area contributed by atoms with E-state index in [2.05, 4.69) is 4.74 Å². The minimum atomic E-state index is -0.0607. The zero-order valence-electron chi connectivity index (χ0n) is 9.00. The number of methoxy groups -OCH3 is 1. The highest BCUT2D eigenvalue weighted by Gasteiger charge is 2.25. The Labute approximate surface area is 86.0 Å². The maximum atomic E-state index is 11.0. The van der Waals surface area contributed by atoms with Crippen LogP contribution in [-0.2, 0) is 9.53 Å². The first-order chi connectivity index (χ1) is 6.76. The molecule has 0 bridgehead atoms.